The number of hydrogen-bond donors (Lipinski definition) is 1. The molecule has 0 heterocycles. The number of benzene rings is 1. The lowest BCUT2D eigenvalue weighted by Gasteiger charge is -2.27. The van der Waals surface area contributed by atoms with Gasteiger partial charge in [0.1, 0.15) is 0 Å². The van der Waals surface area contributed by atoms with Crippen molar-refractivity contribution in [1.29, 1.82) is 0 Å². The molecule has 20 heavy (non-hydrogen) atoms. The minimum atomic E-state index is -3.07. The van der Waals surface area contributed by atoms with E-state index >= 15 is 0 Å². The quantitative estimate of drug-likeness (QED) is 0.760. The van der Waals surface area contributed by atoms with Crippen LogP contribution in [-0.4, -0.2) is 26.0 Å². The van der Waals surface area contributed by atoms with Crippen LogP contribution in [0.15, 0.2) is 30.3 Å². The van der Waals surface area contributed by atoms with E-state index in [0.29, 0.717) is 6.42 Å². The summed E-state index contributed by atoms with van der Waals surface area (Å²) in [6.45, 7) is 6.76. The molecule has 1 aromatic carbocycles. The molecule has 0 saturated heterocycles. The molecule has 0 aliphatic rings. The number of unbranched alkanes of at least 4 members (excludes halogenated alkanes) is 1. The summed E-state index contributed by atoms with van der Waals surface area (Å²) in [6, 6.07) is 9.78. The second-order valence-electron chi connectivity index (χ2n) is 5.11. The molecule has 1 rings (SSSR count). The Labute approximate surface area is 123 Å². The van der Waals surface area contributed by atoms with Crippen molar-refractivity contribution in [2.75, 3.05) is 12.3 Å². The number of nitrogens with one attached hydrogen (secondary N) is 1. The van der Waals surface area contributed by atoms with Crippen LogP contribution in [0.2, 0.25) is 0 Å². The average molecular weight is 297 g/mol. The normalized spacial score (nSPS) is 14.9. The molecule has 2 atom stereocenters. The highest BCUT2D eigenvalue weighted by atomic mass is 32.2. The second-order valence-corrected chi connectivity index (χ2v) is 7.45. The minimum absolute atomic E-state index is 0.118. The van der Waals surface area contributed by atoms with Crippen LogP contribution >= 0.6 is 0 Å². The van der Waals surface area contributed by atoms with Crippen LogP contribution in [-0.2, 0) is 9.84 Å². The van der Waals surface area contributed by atoms with Crippen LogP contribution in [0.1, 0.15) is 51.6 Å². The molecule has 4 heteroatoms. The highest BCUT2D eigenvalue weighted by Crippen LogP contribution is 2.26. The molecule has 0 aliphatic carbocycles. The zero-order chi connectivity index (χ0) is 15.0. The van der Waals surface area contributed by atoms with Crippen molar-refractivity contribution in [1.82, 2.24) is 5.32 Å². The molecular formula is C16H27NO2S. The van der Waals surface area contributed by atoms with Gasteiger partial charge in [-0.3, -0.25) is 0 Å². The molecule has 0 aliphatic heterocycles. The predicted molar refractivity (Wildman–Crippen MR) is 85.6 cm³/mol. The number of sulfone groups is 1. The Morgan fingerprint density at radius 3 is 2.25 bits per heavy atom. The molecule has 0 radical (unpaired) electrons. The maximum absolute atomic E-state index is 12.6. The van der Waals surface area contributed by atoms with Gasteiger partial charge in [0.25, 0.3) is 0 Å². The molecule has 0 aromatic heterocycles. The summed E-state index contributed by atoms with van der Waals surface area (Å²) in [5.74, 6) is 0.288. The van der Waals surface area contributed by atoms with Gasteiger partial charge in [-0.2, -0.15) is 0 Å². The van der Waals surface area contributed by atoms with Crippen molar-refractivity contribution in [2.45, 2.75) is 51.3 Å². The molecular weight excluding hydrogens is 270 g/mol. The summed E-state index contributed by atoms with van der Waals surface area (Å²) < 4.78 is 25.1. The first-order chi connectivity index (χ1) is 9.56. The lowest BCUT2D eigenvalue weighted by molar-refractivity contribution is 0.486. The van der Waals surface area contributed by atoms with E-state index in [1.165, 1.54) is 0 Å². The fraction of sp³-hybridized carbons (Fsp3) is 0.625. The van der Waals surface area contributed by atoms with Gasteiger partial charge in [-0.25, -0.2) is 8.42 Å². The molecule has 0 spiro atoms. The van der Waals surface area contributed by atoms with E-state index in [1.54, 1.807) is 0 Å². The van der Waals surface area contributed by atoms with Crippen LogP contribution in [0.5, 0.6) is 0 Å². The number of hydrogen-bond acceptors (Lipinski definition) is 3. The van der Waals surface area contributed by atoms with Gasteiger partial charge in [-0.15, -0.1) is 0 Å². The van der Waals surface area contributed by atoms with Crippen LogP contribution < -0.4 is 5.32 Å². The summed E-state index contributed by atoms with van der Waals surface area (Å²) in [4.78, 5) is 0. The molecule has 1 N–H and O–H groups in total. The van der Waals surface area contributed by atoms with Gasteiger partial charge < -0.3 is 5.32 Å². The molecule has 1 aromatic rings. The molecule has 0 amide bonds. The lowest BCUT2D eigenvalue weighted by Crippen LogP contribution is -2.38. The van der Waals surface area contributed by atoms with Gasteiger partial charge in [-0.05, 0) is 24.9 Å². The van der Waals surface area contributed by atoms with Gasteiger partial charge in [0.2, 0.25) is 0 Å². The van der Waals surface area contributed by atoms with Crippen molar-refractivity contribution in [3.05, 3.63) is 35.9 Å². The zero-order valence-electron chi connectivity index (χ0n) is 12.8. The van der Waals surface area contributed by atoms with E-state index in [1.807, 2.05) is 51.1 Å². The molecule has 0 saturated carbocycles. The molecule has 3 nitrogen and oxygen atoms in total. The third-order valence-electron chi connectivity index (χ3n) is 3.60. The van der Waals surface area contributed by atoms with Gasteiger partial charge in [0.15, 0.2) is 9.84 Å². The average Bonchev–Trinajstić information content (AvgIpc) is 2.46. The minimum Gasteiger partial charge on any atom is -0.309 e. The van der Waals surface area contributed by atoms with E-state index in [9.17, 15) is 8.42 Å². The molecule has 0 fully saturated rings. The summed E-state index contributed by atoms with van der Waals surface area (Å²) in [6.07, 6.45) is 2.29. The van der Waals surface area contributed by atoms with Crippen LogP contribution in [0.3, 0.4) is 0 Å². The van der Waals surface area contributed by atoms with Crippen molar-refractivity contribution in [3.8, 4) is 0 Å². The Kier molecular flexibility index (Phi) is 7.24. The Morgan fingerprint density at radius 2 is 1.75 bits per heavy atom. The van der Waals surface area contributed by atoms with Gasteiger partial charge >= 0.3 is 0 Å². The summed E-state index contributed by atoms with van der Waals surface area (Å²) >= 11 is 0. The summed E-state index contributed by atoms with van der Waals surface area (Å²) in [7, 11) is -3.07. The Morgan fingerprint density at radius 1 is 1.10 bits per heavy atom. The summed E-state index contributed by atoms with van der Waals surface area (Å²) in [5.41, 5.74) is 1.06. The maximum Gasteiger partial charge on any atom is 0.155 e. The lowest BCUT2D eigenvalue weighted by atomic mass is 10.0. The number of rotatable bonds is 9. The monoisotopic (exact) mass is 297 g/mol. The van der Waals surface area contributed by atoms with Crippen molar-refractivity contribution in [3.63, 3.8) is 0 Å². The van der Waals surface area contributed by atoms with Crippen molar-refractivity contribution < 1.29 is 8.42 Å². The van der Waals surface area contributed by atoms with E-state index in [0.717, 1.165) is 24.9 Å². The smallest absolute Gasteiger partial charge is 0.155 e. The van der Waals surface area contributed by atoms with Gasteiger partial charge in [0, 0.05) is 6.04 Å². The highest BCUT2D eigenvalue weighted by molar-refractivity contribution is 7.92. The Balaban J connectivity index is 3.04. The first-order valence-electron chi connectivity index (χ1n) is 7.56. The summed E-state index contributed by atoms with van der Waals surface area (Å²) in [5, 5.41) is 3.00. The standard InChI is InChI=1S/C16H27NO2S/c1-4-7-13-20(18,19)15(5-2)16(17-6-3)14-11-9-8-10-12-14/h8-12,15-17H,4-7,13H2,1-3H3. The fourth-order valence-corrected chi connectivity index (χ4v) is 4.71. The SMILES string of the molecule is CCCCS(=O)(=O)C(CC)C(NCC)c1ccccc1. The van der Waals surface area contributed by atoms with E-state index in [-0.39, 0.29) is 17.0 Å². The van der Waals surface area contributed by atoms with Gasteiger partial charge in [0.05, 0.1) is 11.0 Å². The van der Waals surface area contributed by atoms with Crippen molar-refractivity contribution >= 4 is 9.84 Å². The predicted octanol–water partition coefficient (Wildman–Crippen LogP) is 3.33. The Hall–Kier alpha value is -0.870. The fourth-order valence-electron chi connectivity index (χ4n) is 2.54. The van der Waals surface area contributed by atoms with Crippen molar-refractivity contribution in [2.24, 2.45) is 0 Å². The van der Waals surface area contributed by atoms with E-state index in [4.69, 9.17) is 0 Å². The molecule has 114 valence electrons. The Bertz CT molecular complexity index is 471. The molecule has 0 bridgehead atoms. The van der Waals surface area contributed by atoms with E-state index in [2.05, 4.69) is 5.32 Å². The van der Waals surface area contributed by atoms with Gasteiger partial charge in [-0.1, -0.05) is 57.5 Å². The molecule has 2 unspecified atom stereocenters. The second kappa shape index (κ2) is 8.42. The zero-order valence-corrected chi connectivity index (χ0v) is 13.6. The third kappa shape index (κ3) is 4.60. The van der Waals surface area contributed by atoms with Crippen LogP contribution in [0.25, 0.3) is 0 Å². The van der Waals surface area contributed by atoms with E-state index < -0.39 is 9.84 Å². The maximum atomic E-state index is 12.6. The first-order valence-corrected chi connectivity index (χ1v) is 9.28. The van der Waals surface area contributed by atoms with Crippen LogP contribution in [0.4, 0.5) is 0 Å². The third-order valence-corrected chi connectivity index (χ3v) is 5.99. The topological polar surface area (TPSA) is 46.2 Å². The first kappa shape index (κ1) is 17.2. The van der Waals surface area contributed by atoms with Crippen LogP contribution in [0, 0.1) is 0 Å². The highest BCUT2D eigenvalue weighted by Gasteiger charge is 2.31. The largest absolute Gasteiger partial charge is 0.309 e.